The molecule has 1 aromatic carbocycles. The Morgan fingerprint density at radius 2 is 2.07 bits per heavy atom. The molecule has 9 heteroatoms. The van der Waals surface area contributed by atoms with Gasteiger partial charge in [-0.1, -0.05) is 30.3 Å². The number of carboxylic acids is 1. The summed E-state index contributed by atoms with van der Waals surface area (Å²) >= 11 is 0. The number of piperidine rings is 1. The van der Waals surface area contributed by atoms with E-state index in [0.29, 0.717) is 31.6 Å². The summed E-state index contributed by atoms with van der Waals surface area (Å²) in [4.78, 5) is 27.0. The lowest BCUT2D eigenvalue weighted by Gasteiger charge is -2.40. The van der Waals surface area contributed by atoms with Crippen LogP contribution in [0.3, 0.4) is 0 Å². The van der Waals surface area contributed by atoms with Crippen molar-refractivity contribution in [3.63, 3.8) is 0 Å². The molecule has 2 aromatic rings. The van der Waals surface area contributed by atoms with Crippen molar-refractivity contribution in [2.75, 3.05) is 26.8 Å². The van der Waals surface area contributed by atoms with Crippen LogP contribution in [0.2, 0.25) is 0 Å². The Morgan fingerprint density at radius 1 is 1.32 bits per heavy atom. The van der Waals surface area contributed by atoms with E-state index in [1.54, 1.807) is 11.8 Å². The smallest absolute Gasteiger partial charge is 0.313 e. The van der Waals surface area contributed by atoms with Gasteiger partial charge in [0.25, 0.3) is 0 Å². The van der Waals surface area contributed by atoms with Crippen molar-refractivity contribution < 1.29 is 19.4 Å². The number of carbonyl (C=O) groups is 2. The van der Waals surface area contributed by atoms with Gasteiger partial charge in [0, 0.05) is 26.6 Å². The van der Waals surface area contributed by atoms with Gasteiger partial charge in [-0.05, 0) is 35.8 Å². The molecule has 1 fully saturated rings. The van der Waals surface area contributed by atoms with Gasteiger partial charge in [-0.3, -0.25) is 9.59 Å². The molecule has 0 radical (unpaired) electrons. The van der Waals surface area contributed by atoms with Gasteiger partial charge in [0.2, 0.25) is 5.91 Å². The van der Waals surface area contributed by atoms with Crippen LogP contribution in [0, 0.1) is 12.3 Å². The van der Waals surface area contributed by atoms with Crippen LogP contribution in [-0.4, -0.2) is 68.9 Å². The van der Waals surface area contributed by atoms with Crippen molar-refractivity contribution in [1.82, 2.24) is 25.1 Å². The average molecular weight is 387 g/mol. The number of ether oxygens (including phenoxy) is 1. The number of carboxylic acid groups (broad SMARTS) is 1. The average Bonchev–Trinajstić information content (AvgIpc) is 3.12. The van der Waals surface area contributed by atoms with Crippen LogP contribution in [0.1, 0.15) is 30.3 Å². The molecule has 1 aromatic heterocycles. The standard InChI is InChI=1S/C19H25N5O4/c1-14-20-21-22-24(14)16(11-15-7-4-3-5-8-15)17(25)23-10-6-9-19(12-23,13-28-2)18(26)27/h3-5,7-8,16H,6,9-13H2,1-2H3,(H,26,27). The van der Waals surface area contributed by atoms with Crippen LogP contribution in [0.4, 0.5) is 0 Å². The number of methoxy groups -OCH3 is 1. The highest BCUT2D eigenvalue weighted by Crippen LogP contribution is 2.32. The predicted octanol–water partition coefficient (Wildman–Crippen LogP) is 1.11. The van der Waals surface area contributed by atoms with Gasteiger partial charge >= 0.3 is 5.97 Å². The van der Waals surface area contributed by atoms with Crippen molar-refractivity contribution in [2.24, 2.45) is 5.41 Å². The maximum Gasteiger partial charge on any atom is 0.313 e. The summed E-state index contributed by atoms with van der Waals surface area (Å²) in [6.45, 7) is 2.43. The molecule has 0 saturated carbocycles. The van der Waals surface area contributed by atoms with E-state index in [1.807, 2.05) is 30.3 Å². The summed E-state index contributed by atoms with van der Waals surface area (Å²) in [5, 5.41) is 21.4. The fraction of sp³-hybridized carbons (Fsp3) is 0.526. The third-order valence-corrected chi connectivity index (χ3v) is 5.27. The minimum absolute atomic E-state index is 0.0688. The molecule has 2 atom stereocenters. The quantitative estimate of drug-likeness (QED) is 0.757. The molecule has 0 spiro atoms. The van der Waals surface area contributed by atoms with Gasteiger partial charge in [0.1, 0.15) is 17.3 Å². The first-order chi connectivity index (χ1) is 13.5. The molecule has 1 aliphatic heterocycles. The molecule has 1 N–H and O–H groups in total. The van der Waals surface area contributed by atoms with E-state index >= 15 is 0 Å². The number of hydrogen-bond donors (Lipinski definition) is 1. The number of amides is 1. The van der Waals surface area contributed by atoms with Gasteiger partial charge in [-0.2, -0.15) is 0 Å². The van der Waals surface area contributed by atoms with E-state index in [9.17, 15) is 14.7 Å². The largest absolute Gasteiger partial charge is 0.481 e. The lowest BCUT2D eigenvalue weighted by Crippen LogP contribution is -2.53. The van der Waals surface area contributed by atoms with Crippen LogP contribution < -0.4 is 0 Å². The first-order valence-corrected chi connectivity index (χ1v) is 9.26. The second-order valence-electron chi connectivity index (χ2n) is 7.26. The third kappa shape index (κ3) is 4.04. The van der Waals surface area contributed by atoms with Gasteiger partial charge < -0.3 is 14.7 Å². The van der Waals surface area contributed by atoms with Gasteiger partial charge in [-0.15, -0.1) is 5.10 Å². The molecule has 0 bridgehead atoms. The fourth-order valence-electron chi connectivity index (χ4n) is 3.80. The van der Waals surface area contributed by atoms with Crippen molar-refractivity contribution in [3.8, 4) is 0 Å². The van der Waals surface area contributed by atoms with Crippen LogP contribution in [0.5, 0.6) is 0 Å². The van der Waals surface area contributed by atoms with Crippen LogP contribution in [-0.2, 0) is 20.7 Å². The lowest BCUT2D eigenvalue weighted by atomic mass is 9.80. The molecule has 1 aliphatic rings. The van der Waals surface area contributed by atoms with E-state index in [2.05, 4.69) is 15.5 Å². The number of carbonyl (C=O) groups excluding carboxylic acids is 1. The monoisotopic (exact) mass is 387 g/mol. The zero-order valence-corrected chi connectivity index (χ0v) is 16.1. The second kappa shape index (κ2) is 8.47. The predicted molar refractivity (Wildman–Crippen MR) is 99.5 cm³/mol. The summed E-state index contributed by atoms with van der Waals surface area (Å²) < 4.78 is 6.68. The van der Waals surface area contributed by atoms with E-state index in [0.717, 1.165) is 5.56 Å². The van der Waals surface area contributed by atoms with Gasteiger partial charge in [0.05, 0.1) is 6.61 Å². The Balaban J connectivity index is 1.88. The topological polar surface area (TPSA) is 110 Å². The maximum absolute atomic E-state index is 13.4. The molecule has 28 heavy (non-hydrogen) atoms. The van der Waals surface area contributed by atoms with Crippen molar-refractivity contribution in [1.29, 1.82) is 0 Å². The van der Waals surface area contributed by atoms with Crippen LogP contribution >= 0.6 is 0 Å². The highest BCUT2D eigenvalue weighted by molar-refractivity contribution is 5.83. The number of hydrogen-bond acceptors (Lipinski definition) is 6. The van der Waals surface area contributed by atoms with E-state index in [4.69, 9.17) is 4.74 Å². The summed E-state index contributed by atoms with van der Waals surface area (Å²) in [7, 11) is 1.48. The number of aryl methyl sites for hydroxylation is 1. The Kier molecular flexibility index (Phi) is 6.03. The lowest BCUT2D eigenvalue weighted by molar-refractivity contribution is -0.159. The molecule has 2 unspecified atom stereocenters. The molecule has 3 rings (SSSR count). The number of rotatable bonds is 7. The summed E-state index contributed by atoms with van der Waals surface area (Å²) in [5.74, 6) is -0.585. The molecule has 9 nitrogen and oxygen atoms in total. The zero-order chi connectivity index (χ0) is 20.1. The number of aliphatic carboxylic acids is 1. The summed E-state index contributed by atoms with van der Waals surface area (Å²) in [6.07, 6.45) is 1.51. The Labute approximate surface area is 163 Å². The summed E-state index contributed by atoms with van der Waals surface area (Å²) in [5.41, 5.74) is -0.107. The fourth-order valence-corrected chi connectivity index (χ4v) is 3.80. The van der Waals surface area contributed by atoms with Crippen LogP contribution in [0.15, 0.2) is 30.3 Å². The highest BCUT2D eigenvalue weighted by Gasteiger charge is 2.45. The van der Waals surface area contributed by atoms with E-state index < -0.39 is 17.4 Å². The number of tetrazole rings is 1. The van der Waals surface area contributed by atoms with Crippen LogP contribution in [0.25, 0.3) is 0 Å². The highest BCUT2D eigenvalue weighted by atomic mass is 16.5. The minimum atomic E-state index is -1.09. The maximum atomic E-state index is 13.4. The molecular weight excluding hydrogens is 362 g/mol. The SMILES string of the molecule is COCC1(C(=O)O)CCCN(C(=O)C(Cc2ccccc2)n2nnnc2C)C1. The Bertz CT molecular complexity index is 821. The third-order valence-electron chi connectivity index (χ3n) is 5.27. The van der Waals surface area contributed by atoms with Crippen molar-refractivity contribution in [3.05, 3.63) is 41.7 Å². The molecule has 2 heterocycles. The Hall–Kier alpha value is -2.81. The number of likely N-dealkylation sites (tertiary alicyclic amines) is 1. The van der Waals surface area contributed by atoms with Crippen molar-refractivity contribution >= 4 is 11.9 Å². The van der Waals surface area contributed by atoms with Gasteiger partial charge in [-0.25, -0.2) is 4.68 Å². The molecule has 0 aliphatic carbocycles. The zero-order valence-electron chi connectivity index (χ0n) is 16.1. The van der Waals surface area contributed by atoms with E-state index in [-0.39, 0.29) is 19.1 Å². The second-order valence-corrected chi connectivity index (χ2v) is 7.26. The van der Waals surface area contributed by atoms with E-state index in [1.165, 1.54) is 11.8 Å². The molecule has 150 valence electrons. The van der Waals surface area contributed by atoms with Gasteiger partial charge in [0.15, 0.2) is 0 Å². The first-order valence-electron chi connectivity index (χ1n) is 9.26. The Morgan fingerprint density at radius 3 is 2.68 bits per heavy atom. The summed E-state index contributed by atoms with van der Waals surface area (Å²) in [6, 6.07) is 9.01. The van der Waals surface area contributed by atoms with Crippen molar-refractivity contribution in [2.45, 2.75) is 32.2 Å². The number of benzene rings is 1. The minimum Gasteiger partial charge on any atom is -0.481 e. The molecule has 1 saturated heterocycles. The normalized spacial score (nSPS) is 20.7. The molecule has 1 amide bonds. The number of nitrogens with zero attached hydrogens (tertiary/aromatic N) is 5. The molecular formula is C19H25N5O4. The number of aromatic nitrogens is 4. The first kappa shape index (κ1) is 19.9.